The normalized spacial score (nSPS) is 17.2. The van der Waals surface area contributed by atoms with E-state index in [0.29, 0.717) is 23.6 Å². The van der Waals surface area contributed by atoms with Gasteiger partial charge in [0, 0.05) is 19.5 Å². The van der Waals surface area contributed by atoms with E-state index in [1.807, 2.05) is 0 Å². The summed E-state index contributed by atoms with van der Waals surface area (Å²) < 4.78 is 32.2. The fourth-order valence-electron chi connectivity index (χ4n) is 2.73. The average Bonchev–Trinajstić information content (AvgIpc) is 3.07. The summed E-state index contributed by atoms with van der Waals surface area (Å²) in [6, 6.07) is 9.91. The number of anilines is 1. The van der Waals surface area contributed by atoms with Crippen molar-refractivity contribution in [3.05, 3.63) is 72.3 Å². The van der Waals surface area contributed by atoms with Crippen molar-refractivity contribution < 1.29 is 23.1 Å². The molecular weight excluding hydrogens is 438 g/mol. The van der Waals surface area contributed by atoms with Crippen LogP contribution in [0.3, 0.4) is 0 Å². The smallest absolute Gasteiger partial charge is 0.263 e. The van der Waals surface area contributed by atoms with Gasteiger partial charge in [-0.15, -0.1) is 0 Å². The van der Waals surface area contributed by atoms with Crippen molar-refractivity contribution in [2.45, 2.75) is 11.7 Å². The van der Waals surface area contributed by atoms with E-state index in [9.17, 15) is 18.4 Å². The van der Waals surface area contributed by atoms with E-state index >= 15 is 0 Å². The molecule has 32 heavy (non-hydrogen) atoms. The average molecular weight is 458 g/mol. The molecule has 0 aliphatic carbocycles. The molecule has 2 aromatic carbocycles. The number of carbonyl (C=O) groups excluding carboxylic acids is 2. The second-order valence-electron chi connectivity index (χ2n) is 6.55. The molecule has 1 aliphatic rings. The fraction of sp³-hybridized carbons (Fsp3) is 0.182. The maximum absolute atomic E-state index is 13.7. The zero-order valence-electron chi connectivity index (χ0n) is 17.1. The monoisotopic (exact) mass is 458 g/mol. The van der Waals surface area contributed by atoms with Crippen LogP contribution in [0.1, 0.15) is 12.0 Å². The van der Waals surface area contributed by atoms with Crippen molar-refractivity contribution >= 4 is 40.6 Å². The Morgan fingerprint density at radius 3 is 2.69 bits per heavy atom. The molecule has 1 atom stereocenters. The SMILES string of the molecule is C=CCOc1ccc(C=NN2C(=O)C(CC(=O)Nc3ccc(F)cc3F)SC2=NC)cc1. The quantitative estimate of drug-likeness (QED) is 0.482. The molecule has 1 saturated heterocycles. The summed E-state index contributed by atoms with van der Waals surface area (Å²) in [5.74, 6) is -1.98. The van der Waals surface area contributed by atoms with Gasteiger partial charge in [-0.3, -0.25) is 14.6 Å². The van der Waals surface area contributed by atoms with E-state index < -0.39 is 28.7 Å². The third kappa shape index (κ3) is 5.79. The zero-order valence-corrected chi connectivity index (χ0v) is 17.9. The highest BCUT2D eigenvalue weighted by atomic mass is 32.2. The minimum atomic E-state index is -0.897. The predicted octanol–water partition coefficient (Wildman–Crippen LogP) is 3.82. The van der Waals surface area contributed by atoms with Crippen LogP contribution in [0, 0.1) is 11.6 Å². The first kappa shape index (κ1) is 23.1. The zero-order chi connectivity index (χ0) is 23.1. The Labute approximate surface area is 187 Å². The van der Waals surface area contributed by atoms with E-state index in [1.54, 1.807) is 30.3 Å². The molecule has 0 radical (unpaired) electrons. The van der Waals surface area contributed by atoms with Crippen LogP contribution < -0.4 is 10.1 Å². The van der Waals surface area contributed by atoms with Gasteiger partial charge < -0.3 is 10.1 Å². The molecule has 0 bridgehead atoms. The summed E-state index contributed by atoms with van der Waals surface area (Å²) >= 11 is 1.09. The third-order valence-electron chi connectivity index (χ3n) is 4.25. The van der Waals surface area contributed by atoms with Gasteiger partial charge in [-0.25, -0.2) is 8.78 Å². The van der Waals surface area contributed by atoms with Crippen LogP contribution in [-0.4, -0.2) is 47.1 Å². The van der Waals surface area contributed by atoms with Crippen LogP contribution in [0.4, 0.5) is 14.5 Å². The molecule has 2 aromatic rings. The van der Waals surface area contributed by atoms with Gasteiger partial charge in [0.15, 0.2) is 5.17 Å². The highest BCUT2D eigenvalue weighted by molar-refractivity contribution is 8.15. The number of amides is 2. The molecule has 0 aromatic heterocycles. The number of amidine groups is 1. The number of hydrazone groups is 1. The van der Waals surface area contributed by atoms with Crippen LogP contribution >= 0.6 is 11.8 Å². The number of aliphatic imine (C=N–C) groups is 1. The first-order chi connectivity index (χ1) is 15.4. The Hall–Kier alpha value is -3.53. The van der Waals surface area contributed by atoms with Gasteiger partial charge in [0.05, 0.1) is 11.9 Å². The Morgan fingerprint density at radius 1 is 1.28 bits per heavy atom. The molecular formula is C22H20F2N4O3S. The van der Waals surface area contributed by atoms with E-state index in [0.717, 1.165) is 34.5 Å². The molecule has 0 spiro atoms. The number of rotatable bonds is 8. The highest BCUT2D eigenvalue weighted by Crippen LogP contribution is 2.30. The molecule has 0 saturated carbocycles. The second kappa shape index (κ2) is 10.7. The molecule has 1 heterocycles. The molecule has 166 valence electrons. The van der Waals surface area contributed by atoms with Crippen molar-refractivity contribution in [2.75, 3.05) is 19.0 Å². The topological polar surface area (TPSA) is 83.4 Å². The van der Waals surface area contributed by atoms with Gasteiger partial charge in [0.2, 0.25) is 5.91 Å². The largest absolute Gasteiger partial charge is 0.490 e. The van der Waals surface area contributed by atoms with Crippen LogP contribution in [0.15, 0.2) is 65.2 Å². The Morgan fingerprint density at radius 2 is 2.03 bits per heavy atom. The second-order valence-corrected chi connectivity index (χ2v) is 7.72. The number of hydrogen-bond donors (Lipinski definition) is 1. The molecule has 2 amide bonds. The lowest BCUT2D eigenvalue weighted by atomic mass is 10.2. The lowest BCUT2D eigenvalue weighted by Gasteiger charge is -2.10. The number of hydrogen-bond acceptors (Lipinski definition) is 6. The van der Waals surface area contributed by atoms with Gasteiger partial charge in [0.25, 0.3) is 5.91 Å². The summed E-state index contributed by atoms with van der Waals surface area (Å²) in [6.45, 7) is 3.98. The lowest BCUT2D eigenvalue weighted by molar-refractivity contribution is -0.128. The number of carbonyl (C=O) groups is 2. The van der Waals surface area contributed by atoms with E-state index in [-0.39, 0.29) is 12.1 Å². The summed E-state index contributed by atoms with van der Waals surface area (Å²) in [4.78, 5) is 29.1. The van der Waals surface area contributed by atoms with Crippen LogP contribution in [0.2, 0.25) is 0 Å². The van der Waals surface area contributed by atoms with Gasteiger partial charge in [-0.2, -0.15) is 10.1 Å². The maximum atomic E-state index is 13.7. The summed E-state index contributed by atoms with van der Waals surface area (Å²) in [5, 5.41) is 7.24. The number of benzene rings is 2. The van der Waals surface area contributed by atoms with Gasteiger partial charge in [-0.1, -0.05) is 24.4 Å². The molecule has 1 aliphatic heterocycles. The molecule has 10 heteroatoms. The van der Waals surface area contributed by atoms with Crippen molar-refractivity contribution in [1.82, 2.24) is 5.01 Å². The Bertz CT molecular complexity index is 1070. The van der Waals surface area contributed by atoms with Gasteiger partial charge >= 0.3 is 0 Å². The van der Waals surface area contributed by atoms with Crippen molar-refractivity contribution in [1.29, 1.82) is 0 Å². The van der Waals surface area contributed by atoms with Crippen LogP contribution in [0.25, 0.3) is 0 Å². The number of halogens is 2. The Balaban J connectivity index is 1.63. The molecule has 7 nitrogen and oxygen atoms in total. The molecule has 1 unspecified atom stereocenters. The third-order valence-corrected chi connectivity index (χ3v) is 5.47. The molecule has 1 fully saturated rings. The van der Waals surface area contributed by atoms with Crippen molar-refractivity contribution in [2.24, 2.45) is 10.1 Å². The maximum Gasteiger partial charge on any atom is 0.263 e. The fourth-order valence-corrected chi connectivity index (χ4v) is 3.76. The standard InChI is InChI=1S/C22H20F2N4O3S/c1-3-10-31-16-7-4-14(5-8-16)13-26-28-21(30)19(32-22(28)25-2)12-20(29)27-18-9-6-15(23)11-17(18)24/h3-9,11,13,19H,1,10,12H2,2H3,(H,27,29). The van der Waals surface area contributed by atoms with E-state index in [4.69, 9.17) is 4.74 Å². The molecule has 3 rings (SSSR count). The number of nitrogens with one attached hydrogen (secondary N) is 1. The Kier molecular flexibility index (Phi) is 7.72. The lowest BCUT2D eigenvalue weighted by Crippen LogP contribution is -2.30. The van der Waals surface area contributed by atoms with Gasteiger partial charge in [0.1, 0.15) is 29.2 Å². The minimum Gasteiger partial charge on any atom is -0.490 e. The first-order valence-electron chi connectivity index (χ1n) is 9.51. The summed E-state index contributed by atoms with van der Waals surface area (Å²) in [7, 11) is 1.51. The summed E-state index contributed by atoms with van der Waals surface area (Å²) in [6.07, 6.45) is 2.92. The van der Waals surface area contributed by atoms with Gasteiger partial charge in [-0.05, 0) is 42.0 Å². The van der Waals surface area contributed by atoms with Crippen molar-refractivity contribution in [3.8, 4) is 5.75 Å². The summed E-state index contributed by atoms with van der Waals surface area (Å²) in [5.41, 5.74) is 0.573. The highest BCUT2D eigenvalue weighted by Gasteiger charge is 2.39. The number of nitrogens with zero attached hydrogens (tertiary/aromatic N) is 3. The van der Waals surface area contributed by atoms with E-state index in [1.165, 1.54) is 13.3 Å². The predicted molar refractivity (Wildman–Crippen MR) is 121 cm³/mol. The van der Waals surface area contributed by atoms with Crippen LogP contribution in [0.5, 0.6) is 5.75 Å². The number of thioether (sulfide) groups is 1. The van der Waals surface area contributed by atoms with Crippen molar-refractivity contribution in [3.63, 3.8) is 0 Å². The number of ether oxygens (including phenoxy) is 1. The first-order valence-corrected chi connectivity index (χ1v) is 10.4. The molecule has 1 N–H and O–H groups in total. The van der Waals surface area contributed by atoms with Crippen LogP contribution in [-0.2, 0) is 9.59 Å². The van der Waals surface area contributed by atoms with E-state index in [2.05, 4.69) is 22.0 Å². The minimum absolute atomic E-state index is 0.161.